The van der Waals surface area contributed by atoms with E-state index in [2.05, 4.69) is 4.72 Å². The van der Waals surface area contributed by atoms with Crippen LogP contribution in [0.1, 0.15) is 38.7 Å². The van der Waals surface area contributed by atoms with Gasteiger partial charge in [-0.25, -0.2) is 13.1 Å². The van der Waals surface area contributed by atoms with E-state index in [0.29, 0.717) is 6.42 Å². The predicted molar refractivity (Wildman–Crippen MR) is 81.2 cm³/mol. The summed E-state index contributed by atoms with van der Waals surface area (Å²) in [5.41, 5.74) is 1.03. The van der Waals surface area contributed by atoms with Crippen LogP contribution in [0.15, 0.2) is 30.3 Å². The van der Waals surface area contributed by atoms with Crippen molar-refractivity contribution in [3.05, 3.63) is 35.9 Å². The normalized spacial score (nSPS) is 16.8. The average molecular weight is 304 g/mol. The van der Waals surface area contributed by atoms with Gasteiger partial charge in [0.2, 0.25) is 10.0 Å². The van der Waals surface area contributed by atoms with E-state index < -0.39 is 10.0 Å². The number of nitrogens with one attached hydrogen (secondary N) is 1. The number of halogens is 1. The van der Waals surface area contributed by atoms with E-state index in [-0.39, 0.29) is 23.1 Å². The molecule has 0 aliphatic carbocycles. The monoisotopic (exact) mass is 303 g/mol. The molecule has 0 bridgehead atoms. The van der Waals surface area contributed by atoms with Crippen LogP contribution in [0.25, 0.3) is 0 Å². The Hall–Kier alpha value is -0.580. The van der Waals surface area contributed by atoms with Crippen molar-refractivity contribution in [1.29, 1.82) is 0 Å². The smallest absolute Gasteiger partial charge is 0.212 e. The van der Waals surface area contributed by atoms with Crippen molar-refractivity contribution in [2.45, 2.75) is 44.5 Å². The number of alkyl halides is 1. The first-order chi connectivity index (χ1) is 8.80. The number of hydrogen-bond acceptors (Lipinski definition) is 2. The van der Waals surface area contributed by atoms with Crippen LogP contribution in [0.2, 0.25) is 0 Å². The van der Waals surface area contributed by atoms with Gasteiger partial charge in [0, 0.05) is 11.4 Å². The van der Waals surface area contributed by atoms with Crippen LogP contribution >= 0.6 is 11.6 Å². The van der Waals surface area contributed by atoms with Crippen molar-refractivity contribution >= 4 is 21.6 Å². The topological polar surface area (TPSA) is 46.2 Å². The molecule has 0 aromatic heterocycles. The van der Waals surface area contributed by atoms with Gasteiger partial charge in [0.1, 0.15) is 0 Å². The zero-order valence-corrected chi connectivity index (χ0v) is 13.2. The number of hydrogen-bond donors (Lipinski definition) is 1. The van der Waals surface area contributed by atoms with Crippen LogP contribution in [-0.2, 0) is 10.0 Å². The van der Waals surface area contributed by atoms with Crippen molar-refractivity contribution in [3.8, 4) is 0 Å². The fourth-order valence-electron chi connectivity index (χ4n) is 2.10. The minimum atomic E-state index is -3.28. The molecule has 5 heteroatoms. The van der Waals surface area contributed by atoms with E-state index in [1.807, 2.05) is 51.1 Å². The van der Waals surface area contributed by atoms with E-state index in [1.54, 1.807) is 0 Å². The Bertz CT molecular complexity index is 473. The summed E-state index contributed by atoms with van der Waals surface area (Å²) in [5, 5.41) is -0.0377. The summed E-state index contributed by atoms with van der Waals surface area (Å²) < 4.78 is 26.8. The van der Waals surface area contributed by atoms with Gasteiger partial charge in [-0.1, -0.05) is 37.3 Å². The maximum absolute atomic E-state index is 12.1. The molecule has 19 heavy (non-hydrogen) atoms. The Morgan fingerprint density at radius 3 is 2.26 bits per heavy atom. The molecule has 3 atom stereocenters. The molecule has 1 rings (SSSR count). The molecule has 3 unspecified atom stereocenters. The second kappa shape index (κ2) is 7.27. The first-order valence-electron chi connectivity index (χ1n) is 6.49. The van der Waals surface area contributed by atoms with Crippen LogP contribution in [0.4, 0.5) is 0 Å². The minimum absolute atomic E-state index is 0.0284. The standard InChI is InChI=1S/C14H22ClNO2S/c1-11(14-7-5-4-6-8-14)10-19(17,18)16-13(3)9-12(2)15/h4-8,11-13,16H,9-10H2,1-3H3. The van der Waals surface area contributed by atoms with Gasteiger partial charge < -0.3 is 0 Å². The Morgan fingerprint density at radius 1 is 1.16 bits per heavy atom. The average Bonchev–Trinajstić information content (AvgIpc) is 2.27. The van der Waals surface area contributed by atoms with Crippen LogP contribution in [0.5, 0.6) is 0 Å². The van der Waals surface area contributed by atoms with E-state index in [0.717, 1.165) is 5.56 Å². The molecule has 3 nitrogen and oxygen atoms in total. The van der Waals surface area contributed by atoms with Crippen LogP contribution in [0, 0.1) is 0 Å². The maximum Gasteiger partial charge on any atom is 0.212 e. The zero-order chi connectivity index (χ0) is 14.5. The van der Waals surface area contributed by atoms with Gasteiger partial charge in [-0.05, 0) is 31.7 Å². The lowest BCUT2D eigenvalue weighted by Crippen LogP contribution is -2.36. The van der Waals surface area contributed by atoms with Crippen LogP contribution in [-0.4, -0.2) is 25.6 Å². The van der Waals surface area contributed by atoms with E-state index in [9.17, 15) is 8.42 Å². The van der Waals surface area contributed by atoms with E-state index in [1.165, 1.54) is 0 Å². The number of rotatable bonds is 7. The molecule has 1 aromatic carbocycles. The zero-order valence-electron chi connectivity index (χ0n) is 11.6. The first kappa shape index (κ1) is 16.5. The van der Waals surface area contributed by atoms with Gasteiger partial charge in [0.25, 0.3) is 0 Å². The van der Waals surface area contributed by atoms with Gasteiger partial charge in [0.15, 0.2) is 0 Å². The Kier molecular flexibility index (Phi) is 6.30. The Labute approximate surface area is 121 Å². The predicted octanol–water partition coefficient (Wildman–Crippen LogP) is 3.12. The summed E-state index contributed by atoms with van der Waals surface area (Å²) in [4.78, 5) is 0. The van der Waals surface area contributed by atoms with Crippen molar-refractivity contribution in [3.63, 3.8) is 0 Å². The largest absolute Gasteiger partial charge is 0.212 e. The number of sulfonamides is 1. The molecule has 1 aromatic rings. The van der Waals surface area contributed by atoms with Crippen molar-refractivity contribution in [1.82, 2.24) is 4.72 Å². The summed E-state index contributed by atoms with van der Waals surface area (Å²) in [6.07, 6.45) is 0.625. The molecule has 1 N–H and O–H groups in total. The Morgan fingerprint density at radius 2 is 1.74 bits per heavy atom. The second-order valence-corrected chi connectivity index (χ2v) is 7.67. The second-order valence-electron chi connectivity index (χ2n) is 5.13. The molecule has 0 saturated heterocycles. The highest BCUT2D eigenvalue weighted by atomic mass is 35.5. The summed E-state index contributed by atoms with van der Waals surface area (Å²) in [6.45, 7) is 5.62. The highest BCUT2D eigenvalue weighted by molar-refractivity contribution is 7.89. The molecule has 0 amide bonds. The van der Waals surface area contributed by atoms with Crippen molar-refractivity contribution < 1.29 is 8.42 Å². The van der Waals surface area contributed by atoms with Gasteiger partial charge >= 0.3 is 0 Å². The molecule has 0 heterocycles. The summed E-state index contributed by atoms with van der Waals surface area (Å²) >= 11 is 5.87. The molecule has 0 radical (unpaired) electrons. The summed E-state index contributed by atoms with van der Waals surface area (Å²) in [7, 11) is -3.28. The molecule has 0 spiro atoms. The van der Waals surface area contributed by atoms with Crippen molar-refractivity contribution in [2.24, 2.45) is 0 Å². The molecule has 0 fully saturated rings. The lowest BCUT2D eigenvalue weighted by Gasteiger charge is -2.18. The first-order valence-corrected chi connectivity index (χ1v) is 8.58. The lowest BCUT2D eigenvalue weighted by atomic mass is 10.0. The van der Waals surface area contributed by atoms with Gasteiger partial charge in [-0.3, -0.25) is 0 Å². The highest BCUT2D eigenvalue weighted by Gasteiger charge is 2.19. The third-order valence-electron chi connectivity index (χ3n) is 2.90. The maximum atomic E-state index is 12.1. The molecule has 0 aliphatic rings. The minimum Gasteiger partial charge on any atom is -0.212 e. The van der Waals surface area contributed by atoms with Gasteiger partial charge in [-0.2, -0.15) is 0 Å². The molecule has 0 saturated carbocycles. The third-order valence-corrected chi connectivity index (χ3v) is 4.78. The molecular formula is C14H22ClNO2S. The van der Waals surface area contributed by atoms with Gasteiger partial charge in [0.05, 0.1) is 5.75 Å². The Balaban J connectivity index is 2.60. The molecule has 108 valence electrons. The third kappa shape index (κ3) is 6.41. The fourth-order valence-corrected chi connectivity index (χ4v) is 4.02. The molecule has 0 aliphatic heterocycles. The summed E-state index contributed by atoms with van der Waals surface area (Å²) in [6, 6.07) is 9.52. The fraction of sp³-hybridized carbons (Fsp3) is 0.571. The van der Waals surface area contributed by atoms with E-state index >= 15 is 0 Å². The molecular weight excluding hydrogens is 282 g/mol. The number of benzene rings is 1. The lowest BCUT2D eigenvalue weighted by molar-refractivity contribution is 0.541. The van der Waals surface area contributed by atoms with Gasteiger partial charge in [-0.15, -0.1) is 11.6 Å². The quantitative estimate of drug-likeness (QED) is 0.787. The van der Waals surface area contributed by atoms with Crippen LogP contribution in [0.3, 0.4) is 0 Å². The van der Waals surface area contributed by atoms with Crippen LogP contribution < -0.4 is 4.72 Å². The van der Waals surface area contributed by atoms with Crippen molar-refractivity contribution in [2.75, 3.05) is 5.75 Å². The SMILES string of the molecule is CC(Cl)CC(C)NS(=O)(=O)CC(C)c1ccccc1. The highest BCUT2D eigenvalue weighted by Crippen LogP contribution is 2.16. The summed E-state index contributed by atoms with van der Waals surface area (Å²) in [5.74, 6) is 0.0669. The van der Waals surface area contributed by atoms with E-state index in [4.69, 9.17) is 11.6 Å².